The van der Waals surface area contributed by atoms with Gasteiger partial charge in [-0.1, -0.05) is 6.08 Å². The lowest BCUT2D eigenvalue weighted by Crippen LogP contribution is -2.63. The van der Waals surface area contributed by atoms with Gasteiger partial charge in [-0.15, -0.1) is 6.58 Å². The summed E-state index contributed by atoms with van der Waals surface area (Å²) in [5.74, 6) is -2.91. The van der Waals surface area contributed by atoms with Gasteiger partial charge in [-0.25, -0.2) is 0 Å². The molecule has 0 bridgehead atoms. The SMILES string of the molecule is C=CCC(N)(C(=O)O)C(N)C(=O)O. The lowest BCUT2D eigenvalue weighted by molar-refractivity contribution is -0.151. The Morgan fingerprint density at radius 2 is 2.00 bits per heavy atom. The summed E-state index contributed by atoms with van der Waals surface area (Å²) >= 11 is 0. The molecule has 0 amide bonds. The molecule has 0 saturated heterocycles. The van der Waals surface area contributed by atoms with Crippen molar-refractivity contribution in [2.24, 2.45) is 11.5 Å². The maximum Gasteiger partial charge on any atom is 0.326 e. The Hall–Kier alpha value is -1.40. The van der Waals surface area contributed by atoms with E-state index >= 15 is 0 Å². The molecule has 2 atom stereocenters. The molecule has 0 rings (SSSR count). The van der Waals surface area contributed by atoms with Crippen molar-refractivity contribution in [2.45, 2.75) is 18.0 Å². The van der Waals surface area contributed by atoms with Crippen molar-refractivity contribution in [3.05, 3.63) is 12.7 Å². The predicted molar refractivity (Wildman–Crippen MR) is 45.0 cm³/mol. The summed E-state index contributed by atoms with van der Waals surface area (Å²) in [5, 5.41) is 17.2. The highest BCUT2D eigenvalue weighted by molar-refractivity contribution is 5.89. The number of aliphatic carboxylic acids is 2. The number of carboxylic acids is 2. The lowest BCUT2D eigenvalue weighted by Gasteiger charge is -2.26. The first-order chi connectivity index (χ1) is 5.86. The Kier molecular flexibility index (Phi) is 3.58. The zero-order chi connectivity index (χ0) is 10.6. The van der Waals surface area contributed by atoms with Crippen LogP contribution >= 0.6 is 0 Å². The summed E-state index contributed by atoms with van der Waals surface area (Å²) < 4.78 is 0. The molecule has 0 aliphatic carbocycles. The Bertz CT molecular complexity index is 241. The second kappa shape index (κ2) is 4.01. The van der Waals surface area contributed by atoms with Gasteiger partial charge in [0.1, 0.15) is 11.6 Å². The Balaban J connectivity index is 4.87. The minimum absolute atomic E-state index is 0.199. The van der Waals surface area contributed by atoms with Gasteiger partial charge in [-0.3, -0.25) is 9.59 Å². The molecule has 2 unspecified atom stereocenters. The van der Waals surface area contributed by atoms with Crippen LogP contribution in [0.1, 0.15) is 6.42 Å². The van der Waals surface area contributed by atoms with Crippen LogP contribution in [0.5, 0.6) is 0 Å². The lowest BCUT2D eigenvalue weighted by atomic mass is 9.88. The van der Waals surface area contributed by atoms with E-state index in [1.165, 1.54) is 6.08 Å². The second-order valence-electron chi connectivity index (χ2n) is 2.65. The van der Waals surface area contributed by atoms with Gasteiger partial charge < -0.3 is 21.7 Å². The van der Waals surface area contributed by atoms with E-state index in [1.807, 2.05) is 0 Å². The molecule has 13 heavy (non-hydrogen) atoms. The molecule has 6 N–H and O–H groups in total. The summed E-state index contributed by atoms with van der Waals surface area (Å²) in [7, 11) is 0. The normalized spacial score (nSPS) is 17.1. The van der Waals surface area contributed by atoms with Crippen molar-refractivity contribution >= 4 is 11.9 Å². The molecular weight excluding hydrogens is 176 g/mol. The zero-order valence-electron chi connectivity index (χ0n) is 6.93. The first kappa shape index (κ1) is 11.6. The van der Waals surface area contributed by atoms with Crippen LogP contribution in [-0.4, -0.2) is 33.7 Å². The summed E-state index contributed by atoms with van der Waals surface area (Å²) in [6.45, 7) is 3.28. The Morgan fingerprint density at radius 3 is 2.23 bits per heavy atom. The summed E-state index contributed by atoms with van der Waals surface area (Å²) in [6.07, 6.45) is 1.02. The molecule has 0 aromatic rings. The van der Waals surface area contributed by atoms with Gasteiger partial charge in [-0.05, 0) is 6.42 Å². The molecule has 0 heterocycles. The van der Waals surface area contributed by atoms with Gasteiger partial charge in [0.15, 0.2) is 0 Å². The molecule has 6 heteroatoms. The smallest absolute Gasteiger partial charge is 0.326 e. The minimum atomic E-state index is -1.99. The fraction of sp³-hybridized carbons (Fsp3) is 0.429. The van der Waals surface area contributed by atoms with Crippen molar-refractivity contribution in [3.63, 3.8) is 0 Å². The predicted octanol–water partition coefficient (Wildman–Crippen LogP) is -1.24. The highest BCUT2D eigenvalue weighted by atomic mass is 16.4. The van der Waals surface area contributed by atoms with Crippen LogP contribution in [0, 0.1) is 0 Å². The molecule has 6 nitrogen and oxygen atoms in total. The van der Waals surface area contributed by atoms with E-state index in [0.717, 1.165) is 0 Å². The molecule has 0 aliphatic heterocycles. The number of rotatable bonds is 5. The third kappa shape index (κ3) is 2.27. The molecule has 0 fully saturated rings. The molecule has 0 spiro atoms. The maximum atomic E-state index is 10.6. The van der Waals surface area contributed by atoms with E-state index in [9.17, 15) is 9.59 Å². The molecule has 0 saturated carbocycles. The first-order valence-electron chi connectivity index (χ1n) is 3.47. The molecular formula is C7H12N2O4. The van der Waals surface area contributed by atoms with Crippen molar-refractivity contribution in [3.8, 4) is 0 Å². The minimum Gasteiger partial charge on any atom is -0.480 e. The highest BCUT2D eigenvalue weighted by Crippen LogP contribution is 2.12. The first-order valence-corrected chi connectivity index (χ1v) is 3.47. The van der Waals surface area contributed by atoms with Crippen molar-refractivity contribution in [2.75, 3.05) is 0 Å². The zero-order valence-corrected chi connectivity index (χ0v) is 6.93. The number of carboxylic acid groups (broad SMARTS) is 2. The quantitative estimate of drug-likeness (QED) is 0.399. The van der Waals surface area contributed by atoms with E-state index in [-0.39, 0.29) is 6.42 Å². The second-order valence-corrected chi connectivity index (χ2v) is 2.65. The van der Waals surface area contributed by atoms with Crippen LogP contribution in [0.4, 0.5) is 0 Å². The summed E-state index contributed by atoms with van der Waals surface area (Å²) in [5.41, 5.74) is 8.46. The van der Waals surface area contributed by atoms with E-state index in [1.54, 1.807) is 0 Å². The third-order valence-electron chi connectivity index (χ3n) is 1.70. The number of nitrogens with two attached hydrogens (primary N) is 2. The van der Waals surface area contributed by atoms with E-state index < -0.39 is 23.5 Å². The third-order valence-corrected chi connectivity index (χ3v) is 1.70. The van der Waals surface area contributed by atoms with Gasteiger partial charge >= 0.3 is 11.9 Å². The van der Waals surface area contributed by atoms with Crippen LogP contribution in [0.2, 0.25) is 0 Å². The van der Waals surface area contributed by atoms with E-state index in [0.29, 0.717) is 0 Å². The van der Waals surface area contributed by atoms with Gasteiger partial charge in [0.25, 0.3) is 0 Å². The van der Waals surface area contributed by atoms with Crippen molar-refractivity contribution in [1.29, 1.82) is 0 Å². The van der Waals surface area contributed by atoms with Crippen LogP contribution in [0.3, 0.4) is 0 Å². The number of hydrogen-bond acceptors (Lipinski definition) is 4. The van der Waals surface area contributed by atoms with Gasteiger partial charge in [0.05, 0.1) is 0 Å². The van der Waals surface area contributed by atoms with Crippen LogP contribution in [0.25, 0.3) is 0 Å². The standard InChI is InChI=1S/C7H12N2O4/c1-2-3-7(9,6(12)13)4(8)5(10)11/h2,4H,1,3,8-9H2,(H,10,11)(H,12,13). The summed E-state index contributed by atoms with van der Waals surface area (Å²) in [4.78, 5) is 21.1. The number of carbonyl (C=O) groups is 2. The van der Waals surface area contributed by atoms with E-state index in [2.05, 4.69) is 6.58 Å². The van der Waals surface area contributed by atoms with Crippen molar-refractivity contribution < 1.29 is 19.8 Å². The highest BCUT2D eigenvalue weighted by Gasteiger charge is 2.43. The van der Waals surface area contributed by atoms with Gasteiger partial charge in [0.2, 0.25) is 0 Å². The topological polar surface area (TPSA) is 127 Å². The Labute approximate surface area is 74.8 Å². The molecule has 0 aromatic carbocycles. The van der Waals surface area contributed by atoms with Crippen LogP contribution < -0.4 is 11.5 Å². The fourth-order valence-electron chi connectivity index (χ4n) is 0.806. The molecule has 0 aliphatic rings. The molecule has 0 aromatic heterocycles. The monoisotopic (exact) mass is 188 g/mol. The Morgan fingerprint density at radius 1 is 1.54 bits per heavy atom. The van der Waals surface area contributed by atoms with Gasteiger partial charge in [0, 0.05) is 0 Å². The van der Waals surface area contributed by atoms with Crippen LogP contribution in [0.15, 0.2) is 12.7 Å². The number of hydrogen-bond donors (Lipinski definition) is 4. The van der Waals surface area contributed by atoms with Crippen molar-refractivity contribution in [1.82, 2.24) is 0 Å². The largest absolute Gasteiger partial charge is 0.480 e. The summed E-state index contributed by atoms with van der Waals surface area (Å²) in [6, 6.07) is -1.65. The van der Waals surface area contributed by atoms with E-state index in [4.69, 9.17) is 21.7 Å². The average molecular weight is 188 g/mol. The average Bonchev–Trinajstić information content (AvgIpc) is 2.02. The maximum absolute atomic E-state index is 10.6. The van der Waals surface area contributed by atoms with Gasteiger partial charge in [-0.2, -0.15) is 0 Å². The fourth-order valence-corrected chi connectivity index (χ4v) is 0.806. The molecule has 0 radical (unpaired) electrons. The van der Waals surface area contributed by atoms with Crippen LogP contribution in [-0.2, 0) is 9.59 Å². The molecule has 74 valence electrons.